The smallest absolute Gasteiger partial charge is 0.341 e. The lowest BCUT2D eigenvalue weighted by atomic mass is 10.1. The molecule has 0 bridgehead atoms. The zero-order chi connectivity index (χ0) is 12.8. The van der Waals surface area contributed by atoms with Gasteiger partial charge in [-0.2, -0.15) is 0 Å². The van der Waals surface area contributed by atoms with Crippen LogP contribution in [0, 0.1) is 5.92 Å². The van der Waals surface area contributed by atoms with Crippen molar-refractivity contribution in [2.24, 2.45) is 5.92 Å². The average Bonchev–Trinajstić information content (AvgIpc) is 2.90. The summed E-state index contributed by atoms with van der Waals surface area (Å²) in [5.74, 6) is 0.820. The van der Waals surface area contributed by atoms with Gasteiger partial charge in [0.2, 0.25) is 0 Å². The number of para-hydroxylation sites is 1. The van der Waals surface area contributed by atoms with Gasteiger partial charge in [0, 0.05) is 12.5 Å². The predicted molar refractivity (Wildman–Crippen MR) is 68.9 cm³/mol. The predicted octanol–water partition coefficient (Wildman–Crippen LogP) is 1.85. The Bertz CT molecular complexity index is 400. The normalized spacial score (nSPS) is 18.6. The number of rotatable bonds is 5. The van der Waals surface area contributed by atoms with Gasteiger partial charge in [-0.05, 0) is 32.0 Å². The number of nitrogens with one attached hydrogen (secondary N) is 1. The monoisotopic (exact) mass is 249 g/mol. The van der Waals surface area contributed by atoms with E-state index in [2.05, 4.69) is 5.32 Å². The Balaban J connectivity index is 2.00. The Morgan fingerprint density at radius 3 is 3.00 bits per heavy atom. The zero-order valence-electron chi connectivity index (χ0n) is 10.6. The van der Waals surface area contributed by atoms with E-state index in [1.807, 2.05) is 18.2 Å². The van der Waals surface area contributed by atoms with Gasteiger partial charge in [-0.1, -0.05) is 12.1 Å². The lowest BCUT2D eigenvalue weighted by Crippen LogP contribution is -2.16. The van der Waals surface area contributed by atoms with E-state index in [0.29, 0.717) is 30.4 Å². The number of benzene rings is 1. The van der Waals surface area contributed by atoms with Crippen molar-refractivity contribution in [3.8, 4) is 5.75 Å². The lowest BCUT2D eigenvalue weighted by molar-refractivity contribution is 0.0521. The van der Waals surface area contributed by atoms with Crippen molar-refractivity contribution >= 4 is 5.97 Å². The van der Waals surface area contributed by atoms with Gasteiger partial charge in [0.1, 0.15) is 11.3 Å². The first kappa shape index (κ1) is 12.9. The van der Waals surface area contributed by atoms with E-state index in [1.165, 1.54) is 0 Å². The highest BCUT2D eigenvalue weighted by atomic mass is 16.5. The number of hydrogen-bond acceptors (Lipinski definition) is 4. The maximum atomic E-state index is 11.7. The molecular weight excluding hydrogens is 230 g/mol. The first-order valence-corrected chi connectivity index (χ1v) is 6.41. The Labute approximate surface area is 107 Å². The van der Waals surface area contributed by atoms with Gasteiger partial charge in [-0.25, -0.2) is 4.79 Å². The van der Waals surface area contributed by atoms with Crippen LogP contribution in [0.15, 0.2) is 24.3 Å². The molecule has 0 saturated carbocycles. The third-order valence-corrected chi connectivity index (χ3v) is 3.02. The summed E-state index contributed by atoms with van der Waals surface area (Å²) in [6, 6.07) is 7.23. The molecule has 0 aromatic heterocycles. The van der Waals surface area contributed by atoms with Gasteiger partial charge in [-0.3, -0.25) is 0 Å². The molecule has 2 rings (SSSR count). The van der Waals surface area contributed by atoms with E-state index in [1.54, 1.807) is 13.0 Å². The molecule has 0 amide bonds. The standard InChI is InChI=1S/C14H19NO3/c1-2-17-14(16)12-5-3-4-6-13(12)18-10-11-7-8-15-9-11/h3-6,11,15H,2,7-10H2,1H3. The first-order valence-electron chi connectivity index (χ1n) is 6.41. The molecule has 0 spiro atoms. The van der Waals surface area contributed by atoms with Gasteiger partial charge in [0.25, 0.3) is 0 Å². The molecule has 4 heteroatoms. The van der Waals surface area contributed by atoms with E-state index in [4.69, 9.17) is 9.47 Å². The Morgan fingerprint density at radius 2 is 2.28 bits per heavy atom. The lowest BCUT2D eigenvalue weighted by Gasteiger charge is -2.13. The number of ether oxygens (including phenoxy) is 2. The van der Waals surface area contributed by atoms with E-state index in [-0.39, 0.29) is 5.97 Å². The van der Waals surface area contributed by atoms with Crippen molar-refractivity contribution in [2.75, 3.05) is 26.3 Å². The van der Waals surface area contributed by atoms with Crippen LogP contribution in [0.4, 0.5) is 0 Å². The molecule has 1 atom stereocenters. The molecule has 1 unspecified atom stereocenters. The second-order valence-electron chi connectivity index (χ2n) is 4.39. The zero-order valence-corrected chi connectivity index (χ0v) is 10.6. The van der Waals surface area contributed by atoms with E-state index < -0.39 is 0 Å². The third kappa shape index (κ3) is 3.23. The molecule has 0 aliphatic carbocycles. The minimum atomic E-state index is -0.322. The summed E-state index contributed by atoms with van der Waals surface area (Å²) in [7, 11) is 0. The van der Waals surface area contributed by atoms with Gasteiger partial charge < -0.3 is 14.8 Å². The molecule has 1 saturated heterocycles. The van der Waals surface area contributed by atoms with E-state index >= 15 is 0 Å². The fraction of sp³-hybridized carbons (Fsp3) is 0.500. The number of esters is 1. The highest BCUT2D eigenvalue weighted by Crippen LogP contribution is 2.20. The minimum Gasteiger partial charge on any atom is -0.492 e. The SMILES string of the molecule is CCOC(=O)c1ccccc1OCC1CCNC1. The topological polar surface area (TPSA) is 47.6 Å². The molecule has 1 aliphatic rings. The summed E-state index contributed by atoms with van der Waals surface area (Å²) < 4.78 is 10.8. The molecule has 1 aliphatic heterocycles. The largest absolute Gasteiger partial charge is 0.492 e. The average molecular weight is 249 g/mol. The summed E-state index contributed by atoms with van der Waals surface area (Å²) in [6.07, 6.45) is 1.13. The molecule has 1 aromatic rings. The van der Waals surface area contributed by atoms with Crippen molar-refractivity contribution < 1.29 is 14.3 Å². The van der Waals surface area contributed by atoms with Gasteiger partial charge >= 0.3 is 5.97 Å². The van der Waals surface area contributed by atoms with Crippen LogP contribution in [0.25, 0.3) is 0 Å². The molecule has 4 nitrogen and oxygen atoms in total. The summed E-state index contributed by atoms with van der Waals surface area (Å²) in [5.41, 5.74) is 0.505. The van der Waals surface area contributed by atoms with Gasteiger partial charge in [0.15, 0.2) is 0 Å². The molecule has 1 heterocycles. The van der Waals surface area contributed by atoms with Crippen LogP contribution < -0.4 is 10.1 Å². The highest BCUT2D eigenvalue weighted by Gasteiger charge is 2.17. The maximum absolute atomic E-state index is 11.7. The van der Waals surface area contributed by atoms with Crippen LogP contribution in [0.3, 0.4) is 0 Å². The molecular formula is C14H19NO3. The van der Waals surface area contributed by atoms with Crippen LogP contribution in [0.5, 0.6) is 5.75 Å². The van der Waals surface area contributed by atoms with Crippen molar-refractivity contribution in [3.05, 3.63) is 29.8 Å². The number of carbonyl (C=O) groups excluding carboxylic acids is 1. The van der Waals surface area contributed by atoms with E-state index in [9.17, 15) is 4.79 Å². The van der Waals surface area contributed by atoms with Crippen LogP contribution in [0.2, 0.25) is 0 Å². The Kier molecular flexibility index (Phi) is 4.59. The second kappa shape index (κ2) is 6.40. The maximum Gasteiger partial charge on any atom is 0.341 e. The van der Waals surface area contributed by atoms with Crippen LogP contribution in [-0.4, -0.2) is 32.3 Å². The Hall–Kier alpha value is -1.55. The van der Waals surface area contributed by atoms with E-state index in [0.717, 1.165) is 19.5 Å². The van der Waals surface area contributed by atoms with Crippen molar-refractivity contribution in [2.45, 2.75) is 13.3 Å². The summed E-state index contributed by atoms with van der Waals surface area (Å²) in [4.78, 5) is 11.7. The molecule has 1 aromatic carbocycles. The van der Waals surface area contributed by atoms with Crippen LogP contribution >= 0.6 is 0 Å². The molecule has 1 fully saturated rings. The quantitative estimate of drug-likeness (QED) is 0.809. The first-order chi connectivity index (χ1) is 8.81. The van der Waals surface area contributed by atoms with Crippen molar-refractivity contribution in [3.63, 3.8) is 0 Å². The molecule has 98 valence electrons. The number of carbonyl (C=O) groups is 1. The number of hydrogen-bond donors (Lipinski definition) is 1. The molecule has 1 N–H and O–H groups in total. The second-order valence-corrected chi connectivity index (χ2v) is 4.39. The molecule has 0 radical (unpaired) electrons. The van der Waals surface area contributed by atoms with Crippen molar-refractivity contribution in [1.82, 2.24) is 5.32 Å². The summed E-state index contributed by atoms with van der Waals surface area (Å²) in [6.45, 7) is 4.85. The van der Waals surface area contributed by atoms with Crippen LogP contribution in [-0.2, 0) is 4.74 Å². The third-order valence-electron chi connectivity index (χ3n) is 3.02. The molecule has 18 heavy (non-hydrogen) atoms. The summed E-state index contributed by atoms with van der Waals surface area (Å²) >= 11 is 0. The minimum absolute atomic E-state index is 0.322. The summed E-state index contributed by atoms with van der Waals surface area (Å²) in [5, 5.41) is 3.29. The van der Waals surface area contributed by atoms with Crippen LogP contribution in [0.1, 0.15) is 23.7 Å². The Morgan fingerprint density at radius 1 is 1.44 bits per heavy atom. The highest BCUT2D eigenvalue weighted by molar-refractivity contribution is 5.92. The fourth-order valence-electron chi connectivity index (χ4n) is 2.03. The van der Waals surface area contributed by atoms with Crippen molar-refractivity contribution in [1.29, 1.82) is 0 Å². The fourth-order valence-corrected chi connectivity index (χ4v) is 2.03. The van der Waals surface area contributed by atoms with Gasteiger partial charge in [0.05, 0.1) is 13.2 Å². The van der Waals surface area contributed by atoms with Gasteiger partial charge in [-0.15, -0.1) is 0 Å².